The van der Waals surface area contributed by atoms with E-state index < -0.39 is 14.9 Å². The number of aliphatic hydroxyl groups excluding tert-OH is 1. The molecule has 3 rings (SSSR count). The summed E-state index contributed by atoms with van der Waals surface area (Å²) >= 11 is 0. The highest BCUT2D eigenvalue weighted by Crippen LogP contribution is 2.33. The van der Waals surface area contributed by atoms with Crippen molar-refractivity contribution in [3.8, 4) is 0 Å². The summed E-state index contributed by atoms with van der Waals surface area (Å²) in [5, 5.41) is 20.7. The molecule has 0 radical (unpaired) electrons. The summed E-state index contributed by atoms with van der Waals surface area (Å²) in [6.07, 6.45) is 3.65. The van der Waals surface area contributed by atoms with Crippen molar-refractivity contribution in [2.45, 2.75) is 30.6 Å². The normalized spacial score (nSPS) is 20.1. The van der Waals surface area contributed by atoms with Crippen LogP contribution in [-0.4, -0.2) is 80.1 Å². The molecule has 28 heavy (non-hydrogen) atoms. The maximum absolute atomic E-state index is 13.0. The molecule has 0 spiro atoms. The highest BCUT2D eigenvalue weighted by molar-refractivity contribution is 7.89. The van der Waals surface area contributed by atoms with Crippen molar-refractivity contribution in [3.05, 3.63) is 28.3 Å². The van der Waals surface area contributed by atoms with Crippen LogP contribution in [-0.2, 0) is 10.0 Å². The van der Waals surface area contributed by atoms with Gasteiger partial charge in [-0.15, -0.1) is 0 Å². The van der Waals surface area contributed by atoms with E-state index >= 15 is 0 Å². The number of piperazine rings is 1. The Morgan fingerprint density at radius 3 is 2.21 bits per heavy atom. The lowest BCUT2D eigenvalue weighted by atomic mass is 10.2. The first-order valence-electron chi connectivity index (χ1n) is 9.80. The van der Waals surface area contributed by atoms with E-state index in [0.717, 1.165) is 25.7 Å². The lowest BCUT2D eigenvalue weighted by Gasteiger charge is -2.35. The van der Waals surface area contributed by atoms with Gasteiger partial charge in [-0.05, 0) is 25.0 Å². The standard InChI is InChI=1S/C18H28N4O5S/c23-14-13-19-9-11-20(12-10-19)17-6-5-16(15-18(17)22(24)25)28(26,27)21-7-3-1-2-4-8-21/h5-6,15,23H,1-4,7-14H2. The molecule has 2 heterocycles. The van der Waals surface area contributed by atoms with E-state index in [1.54, 1.807) is 6.07 Å². The molecule has 0 unspecified atom stereocenters. The van der Waals surface area contributed by atoms with Gasteiger partial charge in [0.15, 0.2) is 0 Å². The fourth-order valence-corrected chi connectivity index (χ4v) is 5.40. The number of anilines is 1. The predicted molar refractivity (Wildman–Crippen MR) is 106 cm³/mol. The van der Waals surface area contributed by atoms with Crippen molar-refractivity contribution in [2.24, 2.45) is 0 Å². The lowest BCUT2D eigenvalue weighted by Crippen LogP contribution is -2.47. The second kappa shape index (κ2) is 9.17. The number of rotatable bonds is 6. The molecule has 2 aliphatic heterocycles. The number of nitro groups is 1. The molecular formula is C18H28N4O5S. The third kappa shape index (κ3) is 4.62. The zero-order chi connectivity index (χ0) is 20.1. The molecule has 1 aromatic carbocycles. The highest BCUT2D eigenvalue weighted by Gasteiger charge is 2.30. The van der Waals surface area contributed by atoms with Crippen LogP contribution in [0.2, 0.25) is 0 Å². The van der Waals surface area contributed by atoms with E-state index in [1.807, 2.05) is 4.90 Å². The lowest BCUT2D eigenvalue weighted by molar-refractivity contribution is -0.384. The molecule has 0 atom stereocenters. The number of nitrogens with zero attached hydrogens (tertiary/aromatic N) is 4. The quantitative estimate of drug-likeness (QED) is 0.554. The van der Waals surface area contributed by atoms with Gasteiger partial charge in [-0.1, -0.05) is 12.8 Å². The van der Waals surface area contributed by atoms with Gasteiger partial charge in [-0.3, -0.25) is 15.0 Å². The van der Waals surface area contributed by atoms with Crippen LogP contribution in [0.25, 0.3) is 0 Å². The van der Waals surface area contributed by atoms with Crippen LogP contribution < -0.4 is 4.90 Å². The van der Waals surface area contributed by atoms with E-state index in [1.165, 1.54) is 16.4 Å². The summed E-state index contributed by atoms with van der Waals surface area (Å²) < 4.78 is 27.4. The van der Waals surface area contributed by atoms with Crippen molar-refractivity contribution >= 4 is 21.4 Å². The molecule has 0 amide bonds. The summed E-state index contributed by atoms with van der Waals surface area (Å²) in [5.74, 6) is 0. The molecule has 1 N–H and O–H groups in total. The molecule has 9 nitrogen and oxygen atoms in total. The molecule has 2 aliphatic rings. The van der Waals surface area contributed by atoms with Crippen LogP contribution in [0.5, 0.6) is 0 Å². The molecule has 156 valence electrons. The minimum Gasteiger partial charge on any atom is -0.395 e. The molecule has 0 aromatic heterocycles. The molecule has 0 bridgehead atoms. The van der Waals surface area contributed by atoms with Crippen LogP contribution in [0.15, 0.2) is 23.1 Å². The van der Waals surface area contributed by atoms with E-state index in [0.29, 0.717) is 51.5 Å². The fraction of sp³-hybridized carbons (Fsp3) is 0.667. The third-order valence-corrected chi connectivity index (χ3v) is 7.37. The van der Waals surface area contributed by atoms with E-state index in [4.69, 9.17) is 5.11 Å². The molecule has 2 fully saturated rings. The molecular weight excluding hydrogens is 384 g/mol. The molecule has 0 aliphatic carbocycles. The van der Waals surface area contributed by atoms with Gasteiger partial charge in [-0.25, -0.2) is 8.42 Å². The fourth-order valence-electron chi connectivity index (χ4n) is 3.86. The topological polar surface area (TPSA) is 107 Å². The summed E-state index contributed by atoms with van der Waals surface area (Å²) in [6.45, 7) is 4.19. The number of nitro benzene ring substituents is 1. The van der Waals surface area contributed by atoms with Crippen LogP contribution in [0.1, 0.15) is 25.7 Å². The van der Waals surface area contributed by atoms with Gasteiger partial charge < -0.3 is 10.0 Å². The average molecular weight is 413 g/mol. The van der Waals surface area contributed by atoms with Crippen LogP contribution in [0, 0.1) is 10.1 Å². The SMILES string of the molecule is O=[N+]([O-])c1cc(S(=O)(=O)N2CCCCCC2)ccc1N1CCN(CCO)CC1. The zero-order valence-corrected chi connectivity index (χ0v) is 16.8. The minimum atomic E-state index is -3.73. The van der Waals surface area contributed by atoms with Crippen molar-refractivity contribution in [1.29, 1.82) is 0 Å². The van der Waals surface area contributed by atoms with E-state index in [-0.39, 0.29) is 17.2 Å². The largest absolute Gasteiger partial charge is 0.395 e. The van der Waals surface area contributed by atoms with Gasteiger partial charge in [0.25, 0.3) is 5.69 Å². The van der Waals surface area contributed by atoms with Gasteiger partial charge in [0.1, 0.15) is 5.69 Å². The van der Waals surface area contributed by atoms with Gasteiger partial charge in [0.2, 0.25) is 10.0 Å². The predicted octanol–water partition coefficient (Wildman–Crippen LogP) is 1.27. The van der Waals surface area contributed by atoms with Crippen molar-refractivity contribution in [1.82, 2.24) is 9.21 Å². The van der Waals surface area contributed by atoms with Gasteiger partial charge in [0.05, 0.1) is 16.4 Å². The smallest absolute Gasteiger partial charge is 0.293 e. The van der Waals surface area contributed by atoms with Crippen molar-refractivity contribution in [2.75, 3.05) is 57.3 Å². The van der Waals surface area contributed by atoms with Crippen molar-refractivity contribution < 1.29 is 18.4 Å². The first-order chi connectivity index (χ1) is 13.4. The molecule has 1 aromatic rings. The summed E-state index contributed by atoms with van der Waals surface area (Å²) in [4.78, 5) is 15.2. The van der Waals surface area contributed by atoms with Gasteiger partial charge >= 0.3 is 0 Å². The third-order valence-electron chi connectivity index (χ3n) is 5.48. The summed E-state index contributed by atoms with van der Waals surface area (Å²) in [7, 11) is -3.73. The number of hydrogen-bond acceptors (Lipinski definition) is 7. The second-order valence-corrected chi connectivity index (χ2v) is 9.22. The van der Waals surface area contributed by atoms with Crippen LogP contribution >= 0.6 is 0 Å². The number of benzene rings is 1. The van der Waals surface area contributed by atoms with E-state index in [2.05, 4.69) is 4.90 Å². The number of sulfonamides is 1. The number of hydrogen-bond donors (Lipinski definition) is 1. The minimum absolute atomic E-state index is 0.0104. The Kier molecular flexibility index (Phi) is 6.86. The van der Waals surface area contributed by atoms with Gasteiger partial charge in [0, 0.05) is 51.9 Å². The number of aliphatic hydroxyl groups is 1. The average Bonchev–Trinajstić information content (AvgIpc) is 2.98. The Hall–Kier alpha value is -1.75. The molecule has 0 saturated carbocycles. The second-order valence-electron chi connectivity index (χ2n) is 7.28. The van der Waals surface area contributed by atoms with Crippen LogP contribution in [0.3, 0.4) is 0 Å². The Balaban J connectivity index is 1.84. The Morgan fingerprint density at radius 2 is 1.64 bits per heavy atom. The first-order valence-corrected chi connectivity index (χ1v) is 11.2. The monoisotopic (exact) mass is 412 g/mol. The van der Waals surface area contributed by atoms with Crippen molar-refractivity contribution in [3.63, 3.8) is 0 Å². The Morgan fingerprint density at radius 1 is 1.00 bits per heavy atom. The highest BCUT2D eigenvalue weighted by atomic mass is 32.2. The maximum atomic E-state index is 13.0. The Labute approximate surface area is 165 Å². The van der Waals surface area contributed by atoms with E-state index in [9.17, 15) is 18.5 Å². The summed E-state index contributed by atoms with van der Waals surface area (Å²) in [6, 6.07) is 4.25. The zero-order valence-electron chi connectivity index (χ0n) is 16.0. The Bertz CT molecular complexity index is 785. The van der Waals surface area contributed by atoms with Crippen LogP contribution in [0.4, 0.5) is 11.4 Å². The molecule has 2 saturated heterocycles. The summed E-state index contributed by atoms with van der Waals surface area (Å²) in [5.41, 5.74) is 0.273. The molecule has 10 heteroatoms. The first kappa shape index (κ1) is 21.0. The van der Waals surface area contributed by atoms with Gasteiger partial charge in [-0.2, -0.15) is 4.31 Å². The number of β-amino-alcohol motifs (C(OH)–C–C–N with tert-alkyl or cyclic N) is 1. The maximum Gasteiger partial charge on any atom is 0.293 e.